The first kappa shape index (κ1) is 60.3. The van der Waals surface area contributed by atoms with E-state index in [0.29, 0.717) is 24.5 Å². The summed E-state index contributed by atoms with van der Waals surface area (Å²) in [7, 11) is -0.686. The molecule has 0 bridgehead atoms. The molecular weight excluding hydrogens is 1040 g/mol. The standard InChI is InChI=1S/C62H84N10O8S/c1-39(63-9)55(73)67-53(61(3,4)5)59(77)71-35-33-69(37-51(71)57(75)65-49-23-15-19-41-17-11-13-21-47(41)49)43-25-29-45(30-26-43)81(79,80)46-31-27-44(28-32-46)70-34-36-72(60(78)54(62(6,7)8)68-56(74)40(2)64-10)52(38-70)58(76)66-50-24-16-20-42-18-12-14-22-48(42)50/h11-14,17-18,21-22,25-32,39-40,49-54,63-64H,15-16,19-20,23-24,33-38H2,1-10H3,(H,65,75)(H,66,76)(H,67,73)(H,68,74)/t39-,40-,49+,50?,51-,52-,53+,54+/m0/s1. The maximum atomic E-state index is 14.7. The third kappa shape index (κ3) is 13.6. The van der Waals surface area contributed by atoms with Gasteiger partial charge in [-0.1, -0.05) is 90.1 Å². The number of nitrogens with zero attached hydrogens (tertiary/aromatic N) is 4. The third-order valence-electron chi connectivity index (χ3n) is 16.8. The monoisotopic (exact) mass is 1130 g/mol. The van der Waals surface area contributed by atoms with Gasteiger partial charge in [0.25, 0.3) is 0 Å². The first-order valence-corrected chi connectivity index (χ1v) is 30.2. The summed E-state index contributed by atoms with van der Waals surface area (Å²) >= 11 is 0. The number of carbonyl (C=O) groups is 6. The zero-order valence-electron chi connectivity index (χ0n) is 48.8. The van der Waals surface area contributed by atoms with Crippen LogP contribution in [0.3, 0.4) is 0 Å². The van der Waals surface area contributed by atoms with Crippen LogP contribution in [-0.4, -0.2) is 143 Å². The molecular formula is C62H84N10O8S. The predicted molar refractivity (Wildman–Crippen MR) is 314 cm³/mol. The van der Waals surface area contributed by atoms with Crippen molar-refractivity contribution < 1.29 is 37.2 Å². The molecule has 0 saturated carbocycles. The second-order valence-electron chi connectivity index (χ2n) is 24.4. The number of nitrogens with one attached hydrogen (secondary N) is 6. The lowest BCUT2D eigenvalue weighted by Gasteiger charge is -2.45. The Hall–Kier alpha value is -6.83. The summed E-state index contributed by atoms with van der Waals surface area (Å²) in [5.41, 5.74) is 4.46. The van der Waals surface area contributed by atoms with Gasteiger partial charge in [0, 0.05) is 50.6 Å². The summed E-state index contributed by atoms with van der Waals surface area (Å²) in [6.07, 6.45) is 5.14. The van der Waals surface area contributed by atoms with Gasteiger partial charge >= 0.3 is 0 Å². The van der Waals surface area contributed by atoms with Gasteiger partial charge in [-0.05, 0) is 148 Å². The molecule has 1 unspecified atom stereocenters. The molecule has 8 atom stereocenters. The number of rotatable bonds is 16. The van der Waals surface area contributed by atoms with E-state index >= 15 is 0 Å². The van der Waals surface area contributed by atoms with Crippen molar-refractivity contribution >= 4 is 56.7 Å². The second kappa shape index (κ2) is 25.1. The molecule has 4 aromatic carbocycles. The predicted octanol–water partition coefficient (Wildman–Crippen LogP) is 5.22. The molecule has 436 valence electrons. The molecule has 2 aliphatic heterocycles. The van der Waals surface area contributed by atoms with E-state index in [1.54, 1.807) is 86.3 Å². The SMILES string of the molecule is CN[C@@H](C)C(=O)N[C@H](C(=O)N1CCN(c2ccc(S(=O)(=O)c3ccc(N4CCN(C(=O)[C@@H](NC(=O)[C@H](C)NC)C(C)(C)C)[C@H](C(=O)N[C@@H]5CCCc6ccccc65)C4)cc3)cc2)C[C@H]1C(=O)NC1CCCc2ccccc21)C(C)(C)C. The number of piperazine rings is 2. The van der Waals surface area contributed by atoms with E-state index in [2.05, 4.69) is 44.0 Å². The topological polar surface area (TPSA) is 222 Å². The number of fused-ring (bicyclic) bond motifs is 2. The van der Waals surface area contributed by atoms with Gasteiger partial charge in [-0.2, -0.15) is 0 Å². The van der Waals surface area contributed by atoms with Gasteiger partial charge in [0.1, 0.15) is 24.2 Å². The molecule has 2 heterocycles. The van der Waals surface area contributed by atoms with Gasteiger partial charge in [-0.3, -0.25) is 28.8 Å². The first-order valence-electron chi connectivity index (χ1n) is 28.7. The number of carbonyl (C=O) groups excluding carboxylic acids is 6. The lowest BCUT2D eigenvalue weighted by Crippen LogP contribution is -2.66. The minimum Gasteiger partial charge on any atom is -0.367 e. The van der Waals surface area contributed by atoms with Gasteiger partial charge in [-0.25, -0.2) is 8.42 Å². The summed E-state index contributed by atoms with van der Waals surface area (Å²) in [5, 5.41) is 18.4. The third-order valence-corrected chi connectivity index (χ3v) is 18.6. The fourth-order valence-corrected chi connectivity index (χ4v) is 12.8. The van der Waals surface area contributed by atoms with Crippen LogP contribution in [0.15, 0.2) is 107 Å². The van der Waals surface area contributed by atoms with Crippen molar-refractivity contribution in [3.8, 4) is 0 Å². The molecule has 8 rings (SSSR count). The molecule has 18 nitrogen and oxygen atoms in total. The highest BCUT2D eigenvalue weighted by molar-refractivity contribution is 7.91. The maximum absolute atomic E-state index is 14.7. The number of hydrogen-bond donors (Lipinski definition) is 6. The number of hydrogen-bond acceptors (Lipinski definition) is 12. The van der Waals surface area contributed by atoms with Gasteiger partial charge in [0.05, 0.1) is 34.0 Å². The molecule has 6 amide bonds. The quantitative estimate of drug-likeness (QED) is 0.0851. The van der Waals surface area contributed by atoms with Crippen molar-refractivity contribution in [2.45, 2.75) is 152 Å². The number of anilines is 2. The van der Waals surface area contributed by atoms with Crippen LogP contribution in [0, 0.1) is 10.8 Å². The van der Waals surface area contributed by atoms with Crippen LogP contribution < -0.4 is 41.7 Å². The van der Waals surface area contributed by atoms with E-state index in [4.69, 9.17) is 0 Å². The smallest absolute Gasteiger partial charge is 0.246 e. The summed E-state index contributed by atoms with van der Waals surface area (Å²) in [5.74, 6) is -1.99. The van der Waals surface area contributed by atoms with Crippen LogP contribution in [0.1, 0.15) is 115 Å². The highest BCUT2D eigenvalue weighted by atomic mass is 32.2. The largest absolute Gasteiger partial charge is 0.367 e. The Morgan fingerprint density at radius 3 is 1.22 bits per heavy atom. The minimum absolute atomic E-state index is 0.0652. The average Bonchev–Trinajstić information content (AvgIpc) is 3.52. The number of sulfone groups is 1. The molecule has 81 heavy (non-hydrogen) atoms. The normalized spacial score (nSPS) is 21.1. The first-order chi connectivity index (χ1) is 38.4. The lowest BCUT2D eigenvalue weighted by molar-refractivity contribution is -0.146. The van der Waals surface area contributed by atoms with E-state index in [9.17, 15) is 37.2 Å². The van der Waals surface area contributed by atoms with Gasteiger partial charge < -0.3 is 51.5 Å². The number of aryl methyl sites for hydroxylation is 2. The zero-order chi connectivity index (χ0) is 58.6. The van der Waals surface area contributed by atoms with Crippen LogP contribution in [0.2, 0.25) is 0 Å². The molecule has 0 aromatic heterocycles. The molecule has 0 radical (unpaired) electrons. The molecule has 2 aliphatic carbocycles. The Morgan fingerprint density at radius 2 is 0.877 bits per heavy atom. The number of benzene rings is 4. The summed E-state index contributed by atoms with van der Waals surface area (Å²) in [6.45, 7) is 16.0. The molecule has 6 N–H and O–H groups in total. The Balaban J connectivity index is 1.00. The van der Waals surface area contributed by atoms with Crippen LogP contribution in [0.25, 0.3) is 0 Å². The Morgan fingerprint density at radius 1 is 0.519 bits per heavy atom. The molecule has 4 aliphatic rings. The summed E-state index contributed by atoms with van der Waals surface area (Å²) < 4.78 is 28.7. The van der Waals surface area contributed by atoms with E-state index < -0.39 is 56.9 Å². The highest BCUT2D eigenvalue weighted by Crippen LogP contribution is 2.34. The Labute approximate surface area is 478 Å². The van der Waals surface area contributed by atoms with Crippen LogP contribution in [0.4, 0.5) is 11.4 Å². The molecule has 0 spiro atoms. The fraction of sp³-hybridized carbons (Fsp3) is 0.516. The highest BCUT2D eigenvalue weighted by Gasteiger charge is 2.45. The summed E-state index contributed by atoms with van der Waals surface area (Å²) in [4.78, 5) is 92.4. The van der Waals surface area contributed by atoms with Crippen molar-refractivity contribution in [3.05, 3.63) is 119 Å². The zero-order valence-corrected chi connectivity index (χ0v) is 49.6. The molecule has 2 fully saturated rings. The molecule has 4 aromatic rings. The van der Waals surface area contributed by atoms with Gasteiger partial charge in [-0.15, -0.1) is 0 Å². The van der Waals surface area contributed by atoms with Crippen molar-refractivity contribution in [1.29, 1.82) is 0 Å². The van der Waals surface area contributed by atoms with Crippen LogP contribution >= 0.6 is 0 Å². The van der Waals surface area contributed by atoms with E-state index in [1.165, 1.54) is 11.1 Å². The van der Waals surface area contributed by atoms with E-state index in [1.807, 2.05) is 87.7 Å². The number of amides is 6. The van der Waals surface area contributed by atoms with Crippen LogP contribution in [-0.2, 0) is 51.4 Å². The van der Waals surface area contributed by atoms with Crippen molar-refractivity contribution in [3.63, 3.8) is 0 Å². The summed E-state index contributed by atoms with van der Waals surface area (Å²) in [6, 6.07) is 23.9. The van der Waals surface area contributed by atoms with Gasteiger partial charge in [0.15, 0.2) is 0 Å². The minimum atomic E-state index is -4.04. The average molecular weight is 1130 g/mol. The van der Waals surface area contributed by atoms with E-state index in [0.717, 1.165) is 49.7 Å². The Kier molecular flexibility index (Phi) is 18.7. The van der Waals surface area contributed by atoms with E-state index in [-0.39, 0.29) is 83.5 Å². The van der Waals surface area contributed by atoms with Crippen LogP contribution in [0.5, 0.6) is 0 Å². The second-order valence-corrected chi connectivity index (χ2v) is 26.4. The molecule has 19 heteroatoms. The van der Waals surface area contributed by atoms with Crippen molar-refractivity contribution in [2.75, 3.05) is 63.2 Å². The van der Waals surface area contributed by atoms with Gasteiger partial charge in [0.2, 0.25) is 45.3 Å². The maximum Gasteiger partial charge on any atom is 0.246 e. The molecule has 2 saturated heterocycles. The Bertz CT molecular complexity index is 2850. The number of likely N-dealkylation sites (N-methyl/N-ethyl adjacent to an activating group) is 2. The fourth-order valence-electron chi connectivity index (χ4n) is 11.6. The van der Waals surface area contributed by atoms with Crippen molar-refractivity contribution in [1.82, 2.24) is 41.7 Å². The van der Waals surface area contributed by atoms with Crippen molar-refractivity contribution in [2.24, 2.45) is 10.8 Å². The lowest BCUT2D eigenvalue weighted by atomic mass is 9.85.